The molecule has 106 valence electrons. The molecular formula is C8H9ClN2O6S2. The molecule has 1 aromatic rings. The lowest BCUT2D eigenvalue weighted by atomic mass is 10.3. The quantitative estimate of drug-likeness (QED) is 0.601. The van der Waals surface area contributed by atoms with E-state index in [1.54, 1.807) is 0 Å². The standard InChI is InChI=1S/C8H9ClN2O6S2/c1-18(14,15)11(19(2,16)17)8-4-6(9)3-7(5-8)10(12)13/h3-5H,1-2H3. The molecule has 8 nitrogen and oxygen atoms in total. The predicted molar refractivity (Wildman–Crippen MR) is 70.3 cm³/mol. The predicted octanol–water partition coefficient (Wildman–Crippen LogP) is 0.974. The first kappa shape index (κ1) is 15.7. The molecule has 0 aliphatic carbocycles. The van der Waals surface area contributed by atoms with Crippen LogP contribution in [-0.4, -0.2) is 34.3 Å². The number of nitrogens with zero attached hydrogens (tertiary/aromatic N) is 2. The van der Waals surface area contributed by atoms with Crippen LogP contribution < -0.4 is 3.71 Å². The zero-order valence-corrected chi connectivity index (χ0v) is 12.2. The van der Waals surface area contributed by atoms with E-state index < -0.39 is 36.3 Å². The lowest BCUT2D eigenvalue weighted by Gasteiger charge is -2.19. The third-order valence-electron chi connectivity index (χ3n) is 1.89. The Balaban J connectivity index is 3.62. The van der Waals surface area contributed by atoms with E-state index in [2.05, 4.69) is 0 Å². The monoisotopic (exact) mass is 328 g/mol. The topological polar surface area (TPSA) is 115 Å². The number of rotatable bonds is 4. The molecule has 1 rings (SSSR count). The molecule has 0 aliphatic rings. The van der Waals surface area contributed by atoms with Crippen molar-refractivity contribution < 1.29 is 21.8 Å². The molecule has 0 unspecified atom stereocenters. The minimum absolute atomic E-state index is 0.0822. The number of nitro groups is 1. The Morgan fingerprint density at radius 1 is 1.11 bits per heavy atom. The summed E-state index contributed by atoms with van der Waals surface area (Å²) in [6.45, 7) is 0. The fourth-order valence-electron chi connectivity index (χ4n) is 1.40. The average Bonchev–Trinajstić information content (AvgIpc) is 2.11. The van der Waals surface area contributed by atoms with Gasteiger partial charge in [-0.15, -0.1) is 0 Å². The maximum atomic E-state index is 11.5. The van der Waals surface area contributed by atoms with Crippen LogP contribution in [-0.2, 0) is 20.0 Å². The molecule has 0 aliphatic heterocycles. The first-order chi connectivity index (χ1) is 8.43. The molecule has 19 heavy (non-hydrogen) atoms. The summed E-state index contributed by atoms with van der Waals surface area (Å²) in [5, 5.41) is 10.5. The van der Waals surface area contributed by atoms with E-state index in [0.717, 1.165) is 18.2 Å². The average molecular weight is 329 g/mol. The summed E-state index contributed by atoms with van der Waals surface area (Å²) >= 11 is 5.62. The highest BCUT2D eigenvalue weighted by molar-refractivity contribution is 8.09. The van der Waals surface area contributed by atoms with Crippen LogP contribution in [0, 0.1) is 10.1 Å². The largest absolute Gasteiger partial charge is 0.273 e. The normalized spacial score (nSPS) is 12.2. The Morgan fingerprint density at radius 3 is 1.95 bits per heavy atom. The summed E-state index contributed by atoms with van der Waals surface area (Å²) in [5.41, 5.74) is -0.927. The van der Waals surface area contributed by atoms with E-state index >= 15 is 0 Å². The first-order valence-electron chi connectivity index (χ1n) is 4.58. The van der Waals surface area contributed by atoms with Crippen LogP contribution >= 0.6 is 11.6 Å². The van der Waals surface area contributed by atoms with Crippen molar-refractivity contribution in [2.45, 2.75) is 0 Å². The molecule has 0 aromatic heterocycles. The van der Waals surface area contributed by atoms with Gasteiger partial charge in [-0.1, -0.05) is 11.6 Å². The minimum atomic E-state index is -4.17. The molecule has 0 amide bonds. The van der Waals surface area contributed by atoms with E-state index in [-0.39, 0.29) is 8.73 Å². The zero-order valence-electron chi connectivity index (χ0n) is 9.77. The number of non-ortho nitro benzene ring substituents is 1. The van der Waals surface area contributed by atoms with E-state index in [4.69, 9.17) is 11.6 Å². The minimum Gasteiger partial charge on any atom is -0.258 e. The Hall–Kier alpha value is -1.39. The van der Waals surface area contributed by atoms with Gasteiger partial charge in [-0.05, 0) is 6.07 Å². The number of sulfonamides is 2. The molecule has 0 heterocycles. The molecule has 1 aromatic carbocycles. The second-order valence-corrected chi connectivity index (χ2v) is 7.98. The van der Waals surface area contributed by atoms with Gasteiger partial charge in [-0.2, -0.15) is 3.71 Å². The van der Waals surface area contributed by atoms with Crippen LogP contribution in [0.15, 0.2) is 18.2 Å². The van der Waals surface area contributed by atoms with Crippen molar-refractivity contribution in [3.63, 3.8) is 0 Å². The Labute approximate surface area is 114 Å². The van der Waals surface area contributed by atoms with E-state index in [1.165, 1.54) is 0 Å². The van der Waals surface area contributed by atoms with Crippen LogP contribution in [0.5, 0.6) is 0 Å². The van der Waals surface area contributed by atoms with Gasteiger partial charge in [-0.25, -0.2) is 16.8 Å². The van der Waals surface area contributed by atoms with Crippen molar-refractivity contribution in [1.29, 1.82) is 0 Å². The van der Waals surface area contributed by atoms with Crippen LogP contribution in [0.25, 0.3) is 0 Å². The molecule has 0 radical (unpaired) electrons. The lowest BCUT2D eigenvalue weighted by molar-refractivity contribution is -0.384. The van der Waals surface area contributed by atoms with Crippen LogP contribution in [0.3, 0.4) is 0 Å². The number of benzene rings is 1. The van der Waals surface area contributed by atoms with Gasteiger partial charge in [-0.3, -0.25) is 10.1 Å². The number of halogens is 1. The van der Waals surface area contributed by atoms with Crippen molar-refractivity contribution in [2.75, 3.05) is 16.2 Å². The summed E-state index contributed by atoms with van der Waals surface area (Å²) in [6.07, 6.45) is 1.33. The second kappa shape index (κ2) is 4.94. The first-order valence-corrected chi connectivity index (χ1v) is 8.66. The number of hydrogen-bond donors (Lipinski definition) is 0. The van der Waals surface area contributed by atoms with Crippen molar-refractivity contribution in [1.82, 2.24) is 0 Å². The SMILES string of the molecule is CS(=O)(=O)N(c1cc(Cl)cc([N+](=O)[O-])c1)S(C)(=O)=O. The van der Waals surface area contributed by atoms with Crippen LogP contribution in [0.1, 0.15) is 0 Å². The number of nitro benzene ring substituents is 1. The van der Waals surface area contributed by atoms with Gasteiger partial charge in [0.1, 0.15) is 0 Å². The molecule has 0 bridgehead atoms. The number of hydrogen-bond acceptors (Lipinski definition) is 6. The fraction of sp³-hybridized carbons (Fsp3) is 0.250. The van der Waals surface area contributed by atoms with Crippen LogP contribution in [0.4, 0.5) is 11.4 Å². The van der Waals surface area contributed by atoms with Gasteiger partial charge in [0.15, 0.2) is 0 Å². The highest BCUT2D eigenvalue weighted by atomic mass is 35.5. The summed E-state index contributed by atoms with van der Waals surface area (Å²) in [6, 6.07) is 2.80. The van der Waals surface area contributed by atoms with E-state index in [9.17, 15) is 26.9 Å². The summed E-state index contributed by atoms with van der Waals surface area (Å²) in [5.74, 6) is 0. The highest BCUT2D eigenvalue weighted by Crippen LogP contribution is 2.29. The Bertz CT molecular complexity index is 696. The van der Waals surface area contributed by atoms with E-state index in [1.807, 2.05) is 0 Å². The summed E-state index contributed by atoms with van der Waals surface area (Å²) in [7, 11) is -8.34. The van der Waals surface area contributed by atoms with Crippen molar-refractivity contribution in [3.8, 4) is 0 Å². The molecule has 0 saturated carbocycles. The van der Waals surface area contributed by atoms with Gasteiger partial charge < -0.3 is 0 Å². The van der Waals surface area contributed by atoms with Gasteiger partial charge >= 0.3 is 0 Å². The third-order valence-corrected chi connectivity index (χ3v) is 5.36. The molecule has 0 spiro atoms. The van der Waals surface area contributed by atoms with Crippen LogP contribution in [0.2, 0.25) is 5.02 Å². The molecule has 11 heteroatoms. The maximum absolute atomic E-state index is 11.5. The maximum Gasteiger partial charge on any atom is 0.273 e. The lowest BCUT2D eigenvalue weighted by Crippen LogP contribution is -2.35. The molecule has 0 atom stereocenters. The third kappa shape index (κ3) is 3.78. The number of anilines is 1. The summed E-state index contributed by atoms with van der Waals surface area (Å²) in [4.78, 5) is 9.85. The Morgan fingerprint density at radius 2 is 1.58 bits per heavy atom. The van der Waals surface area contributed by atoms with Crippen molar-refractivity contribution in [2.24, 2.45) is 0 Å². The molecule has 0 saturated heterocycles. The van der Waals surface area contributed by atoms with E-state index in [0.29, 0.717) is 12.5 Å². The molecular weight excluding hydrogens is 320 g/mol. The fourth-order valence-corrected chi connectivity index (χ4v) is 4.57. The van der Waals surface area contributed by atoms with Crippen molar-refractivity contribution >= 4 is 43.0 Å². The summed E-state index contributed by atoms with van der Waals surface area (Å²) < 4.78 is 46.1. The van der Waals surface area contributed by atoms with Crippen molar-refractivity contribution in [3.05, 3.63) is 33.3 Å². The van der Waals surface area contributed by atoms with Gasteiger partial charge in [0.2, 0.25) is 20.0 Å². The highest BCUT2D eigenvalue weighted by Gasteiger charge is 2.29. The second-order valence-electron chi connectivity index (χ2n) is 3.65. The van der Waals surface area contributed by atoms with Gasteiger partial charge in [0.25, 0.3) is 5.69 Å². The molecule has 0 fully saturated rings. The Kier molecular flexibility index (Phi) is 4.08. The molecule has 0 N–H and O–H groups in total. The van der Waals surface area contributed by atoms with Gasteiger partial charge in [0, 0.05) is 17.2 Å². The van der Waals surface area contributed by atoms with Gasteiger partial charge in [0.05, 0.1) is 23.1 Å². The smallest absolute Gasteiger partial charge is 0.258 e. The zero-order chi connectivity index (χ0) is 15.0.